The third-order valence-corrected chi connectivity index (χ3v) is 4.87. The fourth-order valence-corrected chi connectivity index (χ4v) is 2.82. The number of carbonyl (C=O) groups is 1. The first-order valence-electron chi connectivity index (χ1n) is 7.71. The zero-order valence-corrected chi connectivity index (χ0v) is 18.6. The van der Waals surface area contributed by atoms with Crippen LogP contribution in [0.3, 0.4) is 0 Å². The van der Waals surface area contributed by atoms with Crippen LogP contribution in [0.4, 0.5) is 10.5 Å². The van der Waals surface area contributed by atoms with E-state index in [-0.39, 0.29) is 11.7 Å². The van der Waals surface area contributed by atoms with Gasteiger partial charge in [-0.1, -0.05) is 88.3 Å². The quantitative estimate of drug-likeness (QED) is 0.270. The molecule has 2 aromatic carbocycles. The standard InChI is InChI=1S/C17H14Cl5N3O2S/c18-12-7-6-11(8-13(12)19)23-15(28)24-14(17(20,21)22)25-16(26)27-9-10-4-2-1-3-5-10/h1-8,14H,9H2,(H,25,26)(H2,23,24,28)/t14-/m0/s1. The molecule has 0 heterocycles. The first-order chi connectivity index (χ1) is 13.1. The fourth-order valence-electron chi connectivity index (χ4n) is 1.95. The van der Waals surface area contributed by atoms with Crippen molar-refractivity contribution in [1.29, 1.82) is 0 Å². The Balaban J connectivity index is 1.94. The van der Waals surface area contributed by atoms with Crippen molar-refractivity contribution in [1.82, 2.24) is 10.6 Å². The van der Waals surface area contributed by atoms with E-state index < -0.39 is 16.1 Å². The van der Waals surface area contributed by atoms with Gasteiger partial charge in [-0.3, -0.25) is 5.32 Å². The predicted octanol–water partition coefficient (Wildman–Crippen LogP) is 5.90. The number of rotatable bonds is 5. The molecule has 0 fully saturated rings. The van der Waals surface area contributed by atoms with Crippen molar-refractivity contribution in [2.45, 2.75) is 16.6 Å². The molecule has 5 nitrogen and oxygen atoms in total. The molecule has 0 spiro atoms. The van der Waals surface area contributed by atoms with Crippen molar-refractivity contribution in [3.05, 3.63) is 64.1 Å². The van der Waals surface area contributed by atoms with Gasteiger partial charge < -0.3 is 15.4 Å². The van der Waals surface area contributed by atoms with Gasteiger partial charge in [0, 0.05) is 5.69 Å². The normalized spacial score (nSPS) is 12.0. The summed E-state index contributed by atoms with van der Waals surface area (Å²) in [6.45, 7) is 0.0607. The number of halogens is 5. The van der Waals surface area contributed by atoms with Crippen LogP contribution in [0.5, 0.6) is 0 Å². The highest BCUT2D eigenvalue weighted by molar-refractivity contribution is 7.80. The molecule has 150 valence electrons. The highest BCUT2D eigenvalue weighted by Crippen LogP contribution is 2.29. The SMILES string of the molecule is O=C(N[C@H](NC(=S)Nc1ccc(Cl)c(Cl)c1)C(Cl)(Cl)Cl)OCc1ccccc1. The zero-order chi connectivity index (χ0) is 20.7. The number of alkyl halides is 3. The molecule has 0 aliphatic carbocycles. The third kappa shape index (κ3) is 7.70. The van der Waals surface area contributed by atoms with Gasteiger partial charge in [-0.2, -0.15) is 0 Å². The van der Waals surface area contributed by atoms with Crippen molar-refractivity contribution in [3.63, 3.8) is 0 Å². The number of anilines is 1. The topological polar surface area (TPSA) is 62.4 Å². The van der Waals surface area contributed by atoms with Gasteiger partial charge in [-0.15, -0.1) is 0 Å². The Morgan fingerprint density at radius 1 is 1.04 bits per heavy atom. The molecule has 0 saturated carbocycles. The summed E-state index contributed by atoms with van der Waals surface area (Å²) in [5.74, 6) is 0. The second-order valence-electron chi connectivity index (χ2n) is 5.41. The summed E-state index contributed by atoms with van der Waals surface area (Å²) < 4.78 is 3.21. The number of alkyl carbamates (subject to hydrolysis) is 1. The number of ether oxygens (including phenoxy) is 1. The number of benzene rings is 2. The molecule has 3 N–H and O–H groups in total. The largest absolute Gasteiger partial charge is 0.445 e. The van der Waals surface area contributed by atoms with Gasteiger partial charge in [-0.05, 0) is 36.0 Å². The lowest BCUT2D eigenvalue weighted by Gasteiger charge is -2.27. The highest BCUT2D eigenvalue weighted by Gasteiger charge is 2.35. The van der Waals surface area contributed by atoms with E-state index >= 15 is 0 Å². The maximum atomic E-state index is 12.1. The van der Waals surface area contributed by atoms with Crippen LogP contribution in [0.25, 0.3) is 0 Å². The van der Waals surface area contributed by atoms with Crippen LogP contribution in [0.2, 0.25) is 10.0 Å². The molecule has 0 bridgehead atoms. The number of thiocarbonyl (C=S) groups is 1. The van der Waals surface area contributed by atoms with Crippen molar-refractivity contribution in [2.75, 3.05) is 5.32 Å². The van der Waals surface area contributed by atoms with E-state index in [0.717, 1.165) is 5.56 Å². The lowest BCUT2D eigenvalue weighted by atomic mass is 10.2. The zero-order valence-electron chi connectivity index (χ0n) is 14.0. The molecular weight excluding hydrogens is 488 g/mol. The van der Waals surface area contributed by atoms with Gasteiger partial charge in [0.1, 0.15) is 6.61 Å². The first-order valence-corrected chi connectivity index (χ1v) is 10.0. The van der Waals surface area contributed by atoms with Gasteiger partial charge in [0.25, 0.3) is 0 Å². The Labute approximate surface area is 192 Å². The highest BCUT2D eigenvalue weighted by atomic mass is 35.6. The lowest BCUT2D eigenvalue weighted by Crippen LogP contribution is -2.56. The number of hydrogen-bond donors (Lipinski definition) is 3. The molecule has 0 saturated heterocycles. The number of carbonyl (C=O) groups excluding carboxylic acids is 1. The van der Waals surface area contributed by atoms with Crippen molar-refractivity contribution in [2.24, 2.45) is 0 Å². The van der Waals surface area contributed by atoms with Crippen LogP contribution in [0, 0.1) is 0 Å². The Morgan fingerprint density at radius 2 is 1.71 bits per heavy atom. The molecule has 0 radical (unpaired) electrons. The Morgan fingerprint density at radius 3 is 2.32 bits per heavy atom. The van der Waals surface area contributed by atoms with Crippen molar-refractivity contribution < 1.29 is 9.53 Å². The molecule has 2 aromatic rings. The van der Waals surface area contributed by atoms with Gasteiger partial charge in [0.05, 0.1) is 10.0 Å². The Bertz CT molecular complexity index is 833. The van der Waals surface area contributed by atoms with Gasteiger partial charge in [0.2, 0.25) is 3.79 Å². The molecule has 0 unspecified atom stereocenters. The van der Waals surface area contributed by atoms with E-state index in [0.29, 0.717) is 15.7 Å². The average Bonchev–Trinajstić information content (AvgIpc) is 2.62. The average molecular weight is 502 g/mol. The minimum Gasteiger partial charge on any atom is -0.445 e. The van der Waals surface area contributed by atoms with E-state index in [2.05, 4.69) is 16.0 Å². The molecular formula is C17H14Cl5N3O2S. The maximum Gasteiger partial charge on any atom is 0.409 e. The van der Waals surface area contributed by atoms with E-state index in [9.17, 15) is 4.79 Å². The van der Waals surface area contributed by atoms with E-state index in [1.54, 1.807) is 18.2 Å². The minimum atomic E-state index is -1.91. The molecule has 28 heavy (non-hydrogen) atoms. The smallest absolute Gasteiger partial charge is 0.409 e. The molecule has 11 heteroatoms. The molecule has 0 aliphatic rings. The van der Waals surface area contributed by atoms with Crippen LogP contribution in [-0.4, -0.2) is 21.2 Å². The number of amides is 1. The minimum absolute atomic E-state index is 0.0607. The summed E-state index contributed by atoms with van der Waals surface area (Å²) in [6, 6.07) is 14.0. The monoisotopic (exact) mass is 499 g/mol. The van der Waals surface area contributed by atoms with Crippen LogP contribution >= 0.6 is 70.2 Å². The van der Waals surface area contributed by atoms with Gasteiger partial charge in [0.15, 0.2) is 11.3 Å². The molecule has 0 aliphatic heterocycles. The van der Waals surface area contributed by atoms with E-state index in [1.807, 2.05) is 30.3 Å². The Kier molecular flexibility index (Phi) is 8.74. The molecule has 0 aromatic heterocycles. The summed E-state index contributed by atoms with van der Waals surface area (Å²) in [6.07, 6.45) is -1.95. The summed E-state index contributed by atoms with van der Waals surface area (Å²) in [5.41, 5.74) is 1.37. The van der Waals surface area contributed by atoms with Crippen LogP contribution in [-0.2, 0) is 11.3 Å². The van der Waals surface area contributed by atoms with Crippen LogP contribution in [0.15, 0.2) is 48.5 Å². The molecule has 2 rings (SSSR count). The summed E-state index contributed by atoms with van der Waals surface area (Å²) in [5, 5.41) is 8.80. The number of hydrogen-bond acceptors (Lipinski definition) is 3. The van der Waals surface area contributed by atoms with Crippen LogP contribution in [0.1, 0.15) is 5.56 Å². The van der Waals surface area contributed by atoms with Crippen molar-refractivity contribution >= 4 is 87.1 Å². The second kappa shape index (κ2) is 10.6. The summed E-state index contributed by atoms with van der Waals surface area (Å²) >= 11 is 34.8. The molecule has 1 atom stereocenters. The van der Waals surface area contributed by atoms with E-state index in [1.165, 1.54) is 0 Å². The third-order valence-electron chi connectivity index (χ3n) is 3.26. The van der Waals surface area contributed by atoms with Gasteiger partial charge in [-0.25, -0.2) is 4.79 Å². The molecule has 1 amide bonds. The maximum absolute atomic E-state index is 12.1. The fraction of sp³-hybridized carbons (Fsp3) is 0.176. The lowest BCUT2D eigenvalue weighted by molar-refractivity contribution is 0.135. The van der Waals surface area contributed by atoms with Crippen LogP contribution < -0.4 is 16.0 Å². The summed E-state index contributed by atoms with van der Waals surface area (Å²) in [7, 11) is 0. The second-order valence-corrected chi connectivity index (χ2v) is 9.00. The van der Waals surface area contributed by atoms with Gasteiger partial charge >= 0.3 is 6.09 Å². The first kappa shape index (κ1) is 23.1. The Hall–Kier alpha value is -1.15. The van der Waals surface area contributed by atoms with E-state index in [4.69, 9.17) is 75.0 Å². The predicted molar refractivity (Wildman–Crippen MR) is 120 cm³/mol. The number of nitrogens with one attached hydrogen (secondary N) is 3. The van der Waals surface area contributed by atoms with Crippen molar-refractivity contribution in [3.8, 4) is 0 Å². The summed E-state index contributed by atoms with van der Waals surface area (Å²) in [4.78, 5) is 12.1.